The second-order valence-corrected chi connectivity index (χ2v) is 4.69. The summed E-state index contributed by atoms with van der Waals surface area (Å²) in [6.45, 7) is 0.150. The van der Waals surface area contributed by atoms with Crippen LogP contribution in [0.1, 0.15) is 12.5 Å². The van der Waals surface area contributed by atoms with Crippen molar-refractivity contribution in [3.05, 3.63) is 23.6 Å². The van der Waals surface area contributed by atoms with Crippen LogP contribution in [0.25, 0.3) is 11.2 Å². The largest absolute Gasteiger partial charge is 0.396 e. The van der Waals surface area contributed by atoms with Crippen LogP contribution in [-0.4, -0.2) is 31.2 Å². The van der Waals surface area contributed by atoms with Gasteiger partial charge in [0.05, 0.1) is 12.4 Å². The van der Waals surface area contributed by atoms with Gasteiger partial charge in [-0.15, -0.1) is 0 Å². The summed E-state index contributed by atoms with van der Waals surface area (Å²) in [5.74, 6) is 0.317. The number of aliphatic hydroxyl groups is 1. The molecule has 0 radical (unpaired) electrons. The molecular weight excluding hydrogens is 254 g/mol. The number of halogens is 1. The number of imidazole rings is 1. The van der Waals surface area contributed by atoms with Gasteiger partial charge in [-0.25, -0.2) is 4.98 Å². The maximum absolute atomic E-state index is 9.14. The Bertz CT molecular complexity index is 623. The van der Waals surface area contributed by atoms with Gasteiger partial charge >= 0.3 is 0 Å². The van der Waals surface area contributed by atoms with Gasteiger partial charge in [0.2, 0.25) is 5.95 Å². The number of nitrogens with zero attached hydrogens (tertiary/aromatic N) is 4. The van der Waals surface area contributed by atoms with Crippen LogP contribution in [0.4, 0.5) is 5.95 Å². The Kier molecular flexibility index (Phi) is 2.68. The normalized spacial score (nSPS) is 23.0. The Morgan fingerprint density at radius 2 is 2.28 bits per heavy atom. The number of hydrogen-bond acceptors (Lipinski definition) is 5. The molecule has 0 fully saturated rings. The first kappa shape index (κ1) is 11.4. The van der Waals surface area contributed by atoms with Crippen LogP contribution in [0.2, 0.25) is 5.15 Å². The van der Waals surface area contributed by atoms with E-state index in [4.69, 9.17) is 22.4 Å². The lowest BCUT2D eigenvalue weighted by molar-refractivity contribution is 0.244. The summed E-state index contributed by atoms with van der Waals surface area (Å²) >= 11 is 5.97. The quantitative estimate of drug-likeness (QED) is 0.628. The van der Waals surface area contributed by atoms with E-state index in [0.717, 1.165) is 6.42 Å². The van der Waals surface area contributed by atoms with E-state index in [1.54, 1.807) is 6.33 Å². The molecule has 3 rings (SSSR count). The number of anilines is 1. The number of aromatic nitrogens is 4. The number of aliphatic hydroxyl groups excluding tert-OH is 1. The zero-order valence-corrected chi connectivity index (χ0v) is 10.2. The predicted octanol–water partition coefficient (Wildman–Crippen LogP) is 1.17. The van der Waals surface area contributed by atoms with E-state index in [1.165, 1.54) is 0 Å². The van der Waals surface area contributed by atoms with Crippen LogP contribution in [0.5, 0.6) is 0 Å². The van der Waals surface area contributed by atoms with Gasteiger partial charge in [-0.1, -0.05) is 23.8 Å². The molecule has 0 spiro atoms. The van der Waals surface area contributed by atoms with Gasteiger partial charge < -0.3 is 15.4 Å². The molecule has 0 aliphatic heterocycles. The van der Waals surface area contributed by atoms with Gasteiger partial charge in [-0.3, -0.25) is 0 Å². The van der Waals surface area contributed by atoms with Crippen molar-refractivity contribution in [2.24, 2.45) is 5.92 Å². The highest BCUT2D eigenvalue weighted by Gasteiger charge is 2.22. The number of nitrogen functional groups attached to an aromatic ring is 1. The Morgan fingerprint density at radius 3 is 3.00 bits per heavy atom. The minimum Gasteiger partial charge on any atom is -0.396 e. The lowest BCUT2D eigenvalue weighted by Gasteiger charge is -2.12. The Hall–Kier alpha value is -1.66. The lowest BCUT2D eigenvalue weighted by atomic mass is 10.1. The van der Waals surface area contributed by atoms with Crippen LogP contribution in [0.3, 0.4) is 0 Å². The van der Waals surface area contributed by atoms with Crippen LogP contribution in [0.15, 0.2) is 18.5 Å². The molecule has 0 aromatic carbocycles. The van der Waals surface area contributed by atoms with Gasteiger partial charge in [0.15, 0.2) is 10.8 Å². The molecular formula is C11H12ClN5O. The average Bonchev–Trinajstić information content (AvgIpc) is 2.93. The standard InChI is InChI=1S/C11H12ClN5O/c12-9-8-10(16-11(13)15-9)17(5-14-8)7-2-1-6(3-7)4-18/h1-2,5-7,18H,3-4H2,(H2,13,15,16)/t6-,7+/m0/s1. The monoisotopic (exact) mass is 265 g/mol. The molecule has 0 amide bonds. The van der Waals surface area contributed by atoms with Crippen molar-refractivity contribution in [2.45, 2.75) is 12.5 Å². The summed E-state index contributed by atoms with van der Waals surface area (Å²) < 4.78 is 1.91. The van der Waals surface area contributed by atoms with Gasteiger partial charge in [0.1, 0.15) is 5.52 Å². The van der Waals surface area contributed by atoms with Crippen molar-refractivity contribution >= 4 is 28.7 Å². The highest BCUT2D eigenvalue weighted by Crippen LogP contribution is 2.30. The molecule has 94 valence electrons. The Morgan fingerprint density at radius 1 is 1.44 bits per heavy atom. The van der Waals surface area contributed by atoms with E-state index >= 15 is 0 Å². The summed E-state index contributed by atoms with van der Waals surface area (Å²) in [6, 6.07) is 0.123. The van der Waals surface area contributed by atoms with Crippen LogP contribution in [0, 0.1) is 5.92 Å². The van der Waals surface area contributed by atoms with Crippen molar-refractivity contribution < 1.29 is 5.11 Å². The minimum absolute atomic E-state index is 0.123. The number of fused-ring (bicyclic) bond motifs is 1. The number of nitrogens with two attached hydrogens (primary N) is 1. The van der Waals surface area contributed by atoms with Gasteiger partial charge in [-0.2, -0.15) is 9.97 Å². The molecule has 2 atom stereocenters. The van der Waals surface area contributed by atoms with E-state index in [2.05, 4.69) is 15.0 Å². The van der Waals surface area contributed by atoms with E-state index in [1.807, 2.05) is 16.7 Å². The van der Waals surface area contributed by atoms with E-state index in [-0.39, 0.29) is 29.7 Å². The SMILES string of the molecule is Nc1nc(Cl)c2ncn([C@@H]3C=C[C@H](CO)C3)c2n1. The first-order valence-corrected chi connectivity index (χ1v) is 6.01. The molecule has 2 aromatic rings. The second kappa shape index (κ2) is 4.22. The summed E-state index contributed by atoms with van der Waals surface area (Å²) in [6.07, 6.45) is 6.54. The smallest absolute Gasteiger partial charge is 0.223 e. The molecule has 0 bridgehead atoms. The number of rotatable bonds is 2. The van der Waals surface area contributed by atoms with E-state index in [9.17, 15) is 0 Å². The topological polar surface area (TPSA) is 89.8 Å². The molecule has 1 aliphatic carbocycles. The third-order valence-electron chi connectivity index (χ3n) is 3.14. The molecule has 2 heterocycles. The number of allylic oxidation sites excluding steroid dienone is 1. The van der Waals surface area contributed by atoms with Crippen molar-refractivity contribution in [3.8, 4) is 0 Å². The number of hydrogen-bond donors (Lipinski definition) is 2. The predicted molar refractivity (Wildman–Crippen MR) is 68.1 cm³/mol. The molecule has 0 unspecified atom stereocenters. The summed E-state index contributed by atoms with van der Waals surface area (Å²) in [5, 5.41) is 9.40. The average molecular weight is 266 g/mol. The fourth-order valence-corrected chi connectivity index (χ4v) is 2.45. The van der Waals surface area contributed by atoms with Gasteiger partial charge in [0.25, 0.3) is 0 Å². The highest BCUT2D eigenvalue weighted by molar-refractivity contribution is 6.33. The Balaban J connectivity index is 2.06. The first-order chi connectivity index (χ1) is 8.69. The maximum atomic E-state index is 9.14. The van der Waals surface area contributed by atoms with Gasteiger partial charge in [-0.05, 0) is 6.42 Å². The summed E-state index contributed by atoms with van der Waals surface area (Å²) in [5.41, 5.74) is 6.77. The molecule has 2 aromatic heterocycles. The molecule has 18 heavy (non-hydrogen) atoms. The van der Waals surface area contributed by atoms with Crippen molar-refractivity contribution in [1.29, 1.82) is 0 Å². The van der Waals surface area contributed by atoms with Crippen molar-refractivity contribution in [3.63, 3.8) is 0 Å². The van der Waals surface area contributed by atoms with E-state index < -0.39 is 0 Å². The van der Waals surface area contributed by atoms with Crippen LogP contribution < -0.4 is 5.73 Å². The first-order valence-electron chi connectivity index (χ1n) is 5.63. The molecule has 0 saturated heterocycles. The second-order valence-electron chi connectivity index (χ2n) is 4.33. The molecule has 7 heteroatoms. The highest BCUT2D eigenvalue weighted by atomic mass is 35.5. The minimum atomic E-state index is 0.123. The van der Waals surface area contributed by atoms with E-state index in [0.29, 0.717) is 11.2 Å². The van der Waals surface area contributed by atoms with Crippen LogP contribution in [-0.2, 0) is 0 Å². The molecule has 1 aliphatic rings. The zero-order valence-electron chi connectivity index (χ0n) is 9.49. The molecule has 3 N–H and O–H groups in total. The van der Waals surface area contributed by atoms with Gasteiger partial charge in [0, 0.05) is 12.5 Å². The fourth-order valence-electron chi connectivity index (χ4n) is 2.23. The zero-order chi connectivity index (χ0) is 12.7. The summed E-state index contributed by atoms with van der Waals surface area (Å²) in [7, 11) is 0. The lowest BCUT2D eigenvalue weighted by Crippen LogP contribution is -2.08. The third kappa shape index (κ3) is 1.74. The summed E-state index contributed by atoms with van der Waals surface area (Å²) in [4.78, 5) is 12.3. The third-order valence-corrected chi connectivity index (χ3v) is 3.40. The maximum Gasteiger partial charge on any atom is 0.223 e. The fraction of sp³-hybridized carbons (Fsp3) is 0.364. The van der Waals surface area contributed by atoms with Crippen molar-refractivity contribution in [2.75, 3.05) is 12.3 Å². The van der Waals surface area contributed by atoms with Crippen LogP contribution >= 0.6 is 11.6 Å². The van der Waals surface area contributed by atoms with Crippen molar-refractivity contribution in [1.82, 2.24) is 19.5 Å². The Labute approximate surface area is 108 Å². The molecule has 0 saturated carbocycles. The molecule has 6 nitrogen and oxygen atoms in total.